The van der Waals surface area contributed by atoms with E-state index in [0.717, 1.165) is 4.57 Å². The smallest absolute Gasteiger partial charge is 0.351 e. The number of ether oxygens (including phenoxy) is 1. The van der Waals surface area contributed by atoms with E-state index in [1.165, 1.54) is 19.2 Å². The topological polar surface area (TPSA) is 131 Å². The van der Waals surface area contributed by atoms with Crippen LogP contribution in [-0.2, 0) is 4.74 Å². The zero-order valence-electron chi connectivity index (χ0n) is 9.67. The minimum Gasteiger partial charge on any atom is -0.388 e. The Hall–Kier alpha value is -1.48. The number of aromatic nitrogens is 2. The van der Waals surface area contributed by atoms with Crippen LogP contribution >= 0.6 is 0 Å². The molecule has 8 nitrogen and oxygen atoms in total. The summed E-state index contributed by atoms with van der Waals surface area (Å²) in [5.41, 5.74) is 4.65. The predicted octanol–water partition coefficient (Wildman–Crippen LogP) is -2.17. The molecule has 8 heteroatoms. The first kappa shape index (κ1) is 13.0. The van der Waals surface area contributed by atoms with E-state index < -0.39 is 36.3 Å². The summed E-state index contributed by atoms with van der Waals surface area (Å²) in [7, 11) is 0. The fourth-order valence-corrected chi connectivity index (χ4v) is 1.88. The van der Waals surface area contributed by atoms with Crippen LogP contribution in [0.4, 0.5) is 5.82 Å². The van der Waals surface area contributed by atoms with Gasteiger partial charge in [0.15, 0.2) is 6.23 Å². The standard InChI is InChI=1S/C10H15N3O5/c1-4-6(14)7(15)8(16)9(18-4)13-3-2-5(11)12-10(13)17/h2-4,6-9,14-16H,1H3,(H2,11,12,17)/t4?,6-,7-,8+,9?/m1/s1. The first-order valence-electron chi connectivity index (χ1n) is 5.46. The number of rotatable bonds is 1. The molecule has 0 spiro atoms. The number of anilines is 1. The number of nitrogens with zero attached hydrogens (tertiary/aromatic N) is 2. The van der Waals surface area contributed by atoms with Gasteiger partial charge in [0.25, 0.3) is 0 Å². The molecule has 1 aliphatic rings. The van der Waals surface area contributed by atoms with Crippen molar-refractivity contribution in [3.63, 3.8) is 0 Å². The minimum absolute atomic E-state index is 0.0511. The summed E-state index contributed by atoms with van der Waals surface area (Å²) in [6, 6.07) is 1.37. The molecule has 2 rings (SSSR count). The molecule has 0 radical (unpaired) electrons. The van der Waals surface area contributed by atoms with Crippen molar-refractivity contribution in [3.8, 4) is 0 Å². The van der Waals surface area contributed by atoms with Crippen LogP contribution in [0.1, 0.15) is 13.2 Å². The van der Waals surface area contributed by atoms with Gasteiger partial charge in [-0.1, -0.05) is 0 Å². The van der Waals surface area contributed by atoms with Crippen LogP contribution in [0.2, 0.25) is 0 Å². The largest absolute Gasteiger partial charge is 0.388 e. The average molecular weight is 257 g/mol. The second-order valence-electron chi connectivity index (χ2n) is 4.25. The Labute approximate surface area is 102 Å². The quantitative estimate of drug-likeness (QED) is 0.450. The molecule has 1 aromatic rings. The minimum atomic E-state index is -1.43. The van der Waals surface area contributed by atoms with Crippen LogP contribution in [0.25, 0.3) is 0 Å². The van der Waals surface area contributed by atoms with Crippen LogP contribution < -0.4 is 11.4 Å². The van der Waals surface area contributed by atoms with Crippen LogP contribution in [-0.4, -0.2) is 49.3 Å². The van der Waals surface area contributed by atoms with E-state index in [0.29, 0.717) is 0 Å². The molecule has 0 saturated carbocycles. The Morgan fingerprint density at radius 1 is 1.33 bits per heavy atom. The number of hydrogen-bond acceptors (Lipinski definition) is 7. The molecule has 0 bridgehead atoms. The molecule has 0 amide bonds. The van der Waals surface area contributed by atoms with Crippen molar-refractivity contribution < 1.29 is 20.1 Å². The summed E-state index contributed by atoms with van der Waals surface area (Å²) in [6.45, 7) is 1.53. The Bertz CT molecular complexity index is 491. The van der Waals surface area contributed by atoms with Crippen LogP contribution in [0.3, 0.4) is 0 Å². The molecule has 5 N–H and O–H groups in total. The highest BCUT2D eigenvalue weighted by Gasteiger charge is 2.42. The lowest BCUT2D eigenvalue weighted by Crippen LogP contribution is -2.55. The van der Waals surface area contributed by atoms with E-state index in [1.54, 1.807) is 0 Å². The molecule has 0 aromatic carbocycles. The molecule has 100 valence electrons. The van der Waals surface area contributed by atoms with Gasteiger partial charge in [0.1, 0.15) is 24.1 Å². The highest BCUT2D eigenvalue weighted by atomic mass is 16.5. The molecule has 1 saturated heterocycles. The summed E-state index contributed by atoms with van der Waals surface area (Å²) in [5.74, 6) is 0.0511. The SMILES string of the molecule is CC1OC(n2ccc(N)nc2=O)[C@@H](O)[C@H](O)[C@@H]1O. The van der Waals surface area contributed by atoms with Crippen molar-refractivity contribution in [1.82, 2.24) is 9.55 Å². The average Bonchev–Trinajstić information content (AvgIpc) is 2.32. The maximum absolute atomic E-state index is 11.6. The molecule has 1 aromatic heterocycles. The van der Waals surface area contributed by atoms with Crippen molar-refractivity contribution >= 4 is 5.82 Å². The van der Waals surface area contributed by atoms with Gasteiger partial charge in [0, 0.05) is 6.20 Å². The zero-order valence-corrected chi connectivity index (χ0v) is 9.67. The van der Waals surface area contributed by atoms with Crippen LogP contribution in [0, 0.1) is 0 Å². The molecule has 5 atom stereocenters. The van der Waals surface area contributed by atoms with Crippen LogP contribution in [0.5, 0.6) is 0 Å². The lowest BCUT2D eigenvalue weighted by atomic mass is 9.99. The van der Waals surface area contributed by atoms with Gasteiger partial charge in [-0.05, 0) is 13.0 Å². The number of aliphatic hydroxyl groups excluding tert-OH is 3. The van der Waals surface area contributed by atoms with E-state index in [1.807, 2.05) is 0 Å². The summed E-state index contributed by atoms with van der Waals surface area (Å²) in [4.78, 5) is 15.1. The van der Waals surface area contributed by atoms with Gasteiger partial charge in [0.05, 0.1) is 6.10 Å². The van der Waals surface area contributed by atoms with Gasteiger partial charge >= 0.3 is 5.69 Å². The first-order chi connectivity index (χ1) is 8.41. The van der Waals surface area contributed by atoms with Gasteiger partial charge in [-0.15, -0.1) is 0 Å². The van der Waals surface area contributed by atoms with Crippen LogP contribution in [0.15, 0.2) is 17.1 Å². The van der Waals surface area contributed by atoms with Crippen molar-refractivity contribution in [2.24, 2.45) is 0 Å². The van der Waals surface area contributed by atoms with Gasteiger partial charge in [-0.3, -0.25) is 4.57 Å². The van der Waals surface area contributed by atoms with E-state index >= 15 is 0 Å². The molecule has 18 heavy (non-hydrogen) atoms. The summed E-state index contributed by atoms with van der Waals surface area (Å²) in [6.07, 6.45) is -4.57. The molecule has 2 unspecified atom stereocenters. The fraction of sp³-hybridized carbons (Fsp3) is 0.600. The van der Waals surface area contributed by atoms with Crippen molar-refractivity contribution in [3.05, 3.63) is 22.7 Å². The number of nitrogen functional groups attached to an aromatic ring is 1. The molecule has 1 aliphatic heterocycles. The van der Waals surface area contributed by atoms with Crippen molar-refractivity contribution in [1.29, 1.82) is 0 Å². The summed E-state index contributed by atoms with van der Waals surface area (Å²) < 4.78 is 6.33. The Morgan fingerprint density at radius 3 is 2.61 bits per heavy atom. The second kappa shape index (κ2) is 4.65. The van der Waals surface area contributed by atoms with Gasteiger partial charge in [0.2, 0.25) is 0 Å². The van der Waals surface area contributed by atoms with E-state index in [9.17, 15) is 20.1 Å². The third-order valence-electron chi connectivity index (χ3n) is 2.95. The monoisotopic (exact) mass is 257 g/mol. The van der Waals surface area contributed by atoms with E-state index in [2.05, 4.69) is 4.98 Å². The lowest BCUT2D eigenvalue weighted by Gasteiger charge is -2.39. The number of nitrogens with two attached hydrogens (primary N) is 1. The highest BCUT2D eigenvalue weighted by molar-refractivity contribution is 5.23. The third-order valence-corrected chi connectivity index (χ3v) is 2.95. The number of hydrogen-bond donors (Lipinski definition) is 4. The van der Waals surface area contributed by atoms with E-state index in [4.69, 9.17) is 10.5 Å². The highest BCUT2D eigenvalue weighted by Crippen LogP contribution is 2.26. The molecular weight excluding hydrogens is 242 g/mol. The Kier molecular flexibility index (Phi) is 3.35. The summed E-state index contributed by atoms with van der Waals surface area (Å²) in [5, 5.41) is 29.0. The lowest BCUT2D eigenvalue weighted by molar-refractivity contribution is -0.241. The molecular formula is C10H15N3O5. The van der Waals surface area contributed by atoms with Crippen molar-refractivity contribution in [2.75, 3.05) is 5.73 Å². The predicted molar refractivity (Wildman–Crippen MR) is 60.5 cm³/mol. The maximum Gasteiger partial charge on any atom is 0.351 e. The maximum atomic E-state index is 11.6. The van der Waals surface area contributed by atoms with E-state index in [-0.39, 0.29) is 5.82 Å². The number of aliphatic hydroxyl groups is 3. The molecule has 1 fully saturated rings. The first-order valence-corrected chi connectivity index (χ1v) is 5.46. The zero-order chi connectivity index (χ0) is 13.4. The molecule has 2 heterocycles. The third kappa shape index (κ3) is 2.10. The second-order valence-corrected chi connectivity index (χ2v) is 4.25. The Balaban J connectivity index is 2.35. The Morgan fingerprint density at radius 2 is 2.00 bits per heavy atom. The van der Waals surface area contributed by atoms with Gasteiger partial charge in [-0.25, -0.2) is 4.79 Å². The van der Waals surface area contributed by atoms with Gasteiger partial charge < -0.3 is 25.8 Å². The fourth-order valence-electron chi connectivity index (χ4n) is 1.88. The van der Waals surface area contributed by atoms with Gasteiger partial charge in [-0.2, -0.15) is 4.98 Å². The molecule has 0 aliphatic carbocycles. The summed E-state index contributed by atoms with van der Waals surface area (Å²) >= 11 is 0. The van der Waals surface area contributed by atoms with Crippen molar-refractivity contribution in [2.45, 2.75) is 37.6 Å². The normalized spacial score (nSPS) is 36.6.